The molecule has 0 aliphatic rings. The number of halogens is 1. The van der Waals surface area contributed by atoms with Crippen LogP contribution in [0.2, 0.25) is 4.34 Å². The second-order valence-electron chi connectivity index (χ2n) is 2.27. The van der Waals surface area contributed by atoms with Gasteiger partial charge >= 0.3 is 0 Å². The summed E-state index contributed by atoms with van der Waals surface area (Å²) < 4.78 is 0.731. The van der Waals surface area contributed by atoms with Crippen molar-refractivity contribution in [1.82, 2.24) is 4.98 Å². The van der Waals surface area contributed by atoms with Crippen molar-refractivity contribution in [3.63, 3.8) is 0 Å². The fraction of sp³-hybridized carbons (Fsp3) is 0. The molecule has 0 bridgehead atoms. The van der Waals surface area contributed by atoms with Crippen molar-refractivity contribution < 1.29 is 0 Å². The van der Waals surface area contributed by atoms with Crippen molar-refractivity contribution in [3.05, 3.63) is 40.2 Å². The van der Waals surface area contributed by atoms with E-state index in [9.17, 15) is 0 Å². The normalized spacial score (nSPS) is 10.1. The maximum Gasteiger partial charge on any atom is 0.121 e. The lowest BCUT2D eigenvalue weighted by atomic mass is 10.2. The predicted molar refractivity (Wildman–Crippen MR) is 51.4 cm³/mol. The Bertz CT molecular complexity index is 369. The first-order chi connectivity index (χ1) is 5.88. The van der Waals surface area contributed by atoms with Crippen LogP contribution in [0.1, 0.15) is 0 Å². The number of aromatic nitrogens is 1. The lowest BCUT2D eigenvalue weighted by Gasteiger charge is -1.94. The minimum absolute atomic E-state index is 0.731. The van der Waals surface area contributed by atoms with Gasteiger partial charge < -0.3 is 0 Å². The lowest BCUT2D eigenvalue weighted by Crippen LogP contribution is -1.75. The molecule has 3 heteroatoms. The van der Waals surface area contributed by atoms with E-state index < -0.39 is 0 Å². The molecule has 1 aromatic heterocycles. The average Bonchev–Trinajstić information content (AvgIpc) is 2.53. The molecule has 1 heterocycles. The molecule has 12 heavy (non-hydrogen) atoms. The molecule has 0 N–H and O–H groups in total. The van der Waals surface area contributed by atoms with Crippen LogP contribution in [-0.2, 0) is 0 Å². The Labute approximate surface area is 79.7 Å². The van der Waals surface area contributed by atoms with Gasteiger partial charge in [-0.05, 0) is 12.1 Å². The molecule has 2 aromatic rings. The van der Waals surface area contributed by atoms with Crippen LogP contribution in [0.3, 0.4) is 0 Å². The zero-order chi connectivity index (χ0) is 8.39. The van der Waals surface area contributed by atoms with Crippen molar-refractivity contribution >= 4 is 22.9 Å². The largest absolute Gasteiger partial charge is 0.243 e. The average molecular weight is 195 g/mol. The molecule has 0 unspecified atom stereocenters. The Morgan fingerprint density at radius 3 is 3.00 bits per heavy atom. The van der Waals surface area contributed by atoms with E-state index in [-0.39, 0.29) is 0 Å². The van der Waals surface area contributed by atoms with Crippen molar-refractivity contribution in [1.29, 1.82) is 0 Å². The van der Waals surface area contributed by atoms with Gasteiger partial charge in [-0.2, -0.15) is 0 Å². The molecule has 0 saturated carbocycles. The van der Waals surface area contributed by atoms with Crippen LogP contribution in [0.4, 0.5) is 0 Å². The third-order valence-electron chi connectivity index (χ3n) is 1.50. The van der Waals surface area contributed by atoms with Gasteiger partial charge in [0.05, 0.1) is 11.2 Å². The lowest BCUT2D eigenvalue weighted by molar-refractivity contribution is 1.41. The van der Waals surface area contributed by atoms with E-state index >= 15 is 0 Å². The molecule has 0 aliphatic heterocycles. The predicted octanol–water partition coefficient (Wildman–Crippen LogP) is 3.26. The molecule has 0 aliphatic carbocycles. The van der Waals surface area contributed by atoms with Crippen LogP contribution in [0, 0.1) is 6.07 Å². The van der Waals surface area contributed by atoms with Gasteiger partial charge in [0.1, 0.15) is 4.34 Å². The molecule has 0 fully saturated rings. The van der Waals surface area contributed by atoms with Gasteiger partial charge in [-0.1, -0.05) is 29.8 Å². The maximum atomic E-state index is 5.92. The van der Waals surface area contributed by atoms with E-state index in [2.05, 4.69) is 11.1 Å². The Hall–Kier alpha value is -0.860. The van der Waals surface area contributed by atoms with E-state index in [1.165, 1.54) is 11.3 Å². The standard InChI is InChI=1S/C9H5ClNS/c10-9-8(11-6-12-9)7-4-2-1-3-5-7/h1-2,4-6H. The van der Waals surface area contributed by atoms with Crippen molar-refractivity contribution in [2.75, 3.05) is 0 Å². The van der Waals surface area contributed by atoms with Crippen molar-refractivity contribution in [2.24, 2.45) is 0 Å². The summed E-state index contributed by atoms with van der Waals surface area (Å²) in [7, 11) is 0. The molecular formula is C9H5ClNS. The molecule has 0 atom stereocenters. The van der Waals surface area contributed by atoms with Crippen LogP contribution in [-0.4, -0.2) is 4.98 Å². The summed E-state index contributed by atoms with van der Waals surface area (Å²) in [5.74, 6) is 0. The summed E-state index contributed by atoms with van der Waals surface area (Å²) in [6, 6.07) is 10.6. The van der Waals surface area contributed by atoms with Crippen LogP contribution in [0.25, 0.3) is 11.3 Å². The molecule has 1 radical (unpaired) electrons. The van der Waals surface area contributed by atoms with Crippen molar-refractivity contribution in [2.45, 2.75) is 0 Å². The Kier molecular flexibility index (Phi) is 2.11. The van der Waals surface area contributed by atoms with E-state index in [4.69, 9.17) is 11.6 Å². The topological polar surface area (TPSA) is 12.9 Å². The summed E-state index contributed by atoms with van der Waals surface area (Å²) in [4.78, 5) is 4.15. The van der Waals surface area contributed by atoms with Crippen LogP contribution in [0.5, 0.6) is 0 Å². The zero-order valence-electron chi connectivity index (χ0n) is 6.12. The third kappa shape index (κ3) is 1.36. The number of thiazole rings is 1. The monoisotopic (exact) mass is 194 g/mol. The van der Waals surface area contributed by atoms with Crippen LogP contribution < -0.4 is 0 Å². The molecule has 0 spiro atoms. The number of hydrogen-bond donors (Lipinski definition) is 0. The van der Waals surface area contributed by atoms with Gasteiger partial charge in [-0.15, -0.1) is 11.3 Å². The molecular weight excluding hydrogens is 190 g/mol. The van der Waals surface area contributed by atoms with Gasteiger partial charge in [0.15, 0.2) is 0 Å². The van der Waals surface area contributed by atoms with Gasteiger partial charge in [-0.25, -0.2) is 4.98 Å². The van der Waals surface area contributed by atoms with E-state index in [1.807, 2.05) is 24.3 Å². The quantitative estimate of drug-likeness (QED) is 0.679. The first kappa shape index (κ1) is 7.77. The summed E-state index contributed by atoms with van der Waals surface area (Å²) in [6.07, 6.45) is 0. The van der Waals surface area contributed by atoms with E-state index in [1.54, 1.807) is 5.51 Å². The highest BCUT2D eigenvalue weighted by Crippen LogP contribution is 2.28. The van der Waals surface area contributed by atoms with E-state index in [0.29, 0.717) is 0 Å². The van der Waals surface area contributed by atoms with Crippen molar-refractivity contribution in [3.8, 4) is 11.3 Å². The Morgan fingerprint density at radius 2 is 2.42 bits per heavy atom. The molecule has 59 valence electrons. The molecule has 1 aromatic carbocycles. The number of benzene rings is 1. The first-order valence-electron chi connectivity index (χ1n) is 3.43. The summed E-state index contributed by atoms with van der Waals surface area (Å²) in [6.45, 7) is 0. The van der Waals surface area contributed by atoms with Gasteiger partial charge in [0.25, 0.3) is 0 Å². The smallest absolute Gasteiger partial charge is 0.121 e. The minimum Gasteiger partial charge on any atom is -0.243 e. The summed E-state index contributed by atoms with van der Waals surface area (Å²) >= 11 is 7.36. The highest BCUT2D eigenvalue weighted by molar-refractivity contribution is 7.14. The third-order valence-corrected chi connectivity index (χ3v) is 2.56. The zero-order valence-corrected chi connectivity index (χ0v) is 7.69. The fourth-order valence-electron chi connectivity index (χ4n) is 0.961. The second kappa shape index (κ2) is 3.25. The van der Waals surface area contributed by atoms with Gasteiger partial charge in [0.2, 0.25) is 0 Å². The summed E-state index contributed by atoms with van der Waals surface area (Å²) in [5, 5.41) is 0. The Morgan fingerprint density at radius 1 is 1.50 bits per heavy atom. The molecule has 1 nitrogen and oxygen atoms in total. The van der Waals surface area contributed by atoms with Gasteiger partial charge in [0, 0.05) is 5.56 Å². The molecule has 0 saturated heterocycles. The Balaban J connectivity index is 2.51. The highest BCUT2D eigenvalue weighted by atomic mass is 35.5. The molecule has 2 rings (SSSR count). The van der Waals surface area contributed by atoms with Crippen LogP contribution in [0.15, 0.2) is 29.8 Å². The molecule has 0 amide bonds. The summed E-state index contributed by atoms with van der Waals surface area (Å²) in [5.41, 5.74) is 3.60. The van der Waals surface area contributed by atoms with E-state index in [0.717, 1.165) is 15.6 Å². The van der Waals surface area contributed by atoms with Gasteiger partial charge in [-0.3, -0.25) is 0 Å². The first-order valence-corrected chi connectivity index (χ1v) is 4.69. The number of nitrogens with zero attached hydrogens (tertiary/aromatic N) is 1. The fourth-order valence-corrected chi connectivity index (χ4v) is 1.77. The number of rotatable bonds is 1. The minimum atomic E-state index is 0.731. The van der Waals surface area contributed by atoms with Crippen LogP contribution >= 0.6 is 22.9 Å². The highest BCUT2D eigenvalue weighted by Gasteiger charge is 2.04. The maximum absolute atomic E-state index is 5.92. The number of hydrogen-bond acceptors (Lipinski definition) is 2. The SMILES string of the molecule is Clc1scnc1-c1c[c]ccc1. The second-order valence-corrected chi connectivity index (χ2v) is 3.72.